The summed E-state index contributed by atoms with van der Waals surface area (Å²) in [6, 6.07) is 3.99. The summed E-state index contributed by atoms with van der Waals surface area (Å²) in [5.74, 6) is -0.424. The van der Waals surface area contributed by atoms with Gasteiger partial charge in [-0.3, -0.25) is 4.79 Å². The van der Waals surface area contributed by atoms with Gasteiger partial charge in [0, 0.05) is 23.7 Å². The lowest BCUT2D eigenvalue weighted by atomic mass is 10.0. The zero-order valence-electron chi connectivity index (χ0n) is 8.53. The topological polar surface area (TPSA) is 71.8 Å². The van der Waals surface area contributed by atoms with E-state index in [4.69, 9.17) is 5.73 Å². The van der Waals surface area contributed by atoms with E-state index >= 15 is 0 Å². The van der Waals surface area contributed by atoms with Crippen LogP contribution in [0, 0.1) is 5.92 Å². The lowest BCUT2D eigenvalue weighted by molar-refractivity contribution is -0.121. The molecule has 0 radical (unpaired) electrons. The van der Waals surface area contributed by atoms with Crippen molar-refractivity contribution < 1.29 is 4.79 Å². The van der Waals surface area contributed by atoms with E-state index in [1.165, 1.54) is 0 Å². The van der Waals surface area contributed by atoms with Crippen molar-refractivity contribution in [2.24, 2.45) is 11.7 Å². The van der Waals surface area contributed by atoms with Crippen LogP contribution >= 0.6 is 0 Å². The van der Waals surface area contributed by atoms with Crippen LogP contribution in [0.15, 0.2) is 24.5 Å². The van der Waals surface area contributed by atoms with Crippen molar-refractivity contribution in [2.45, 2.75) is 13.3 Å². The van der Waals surface area contributed by atoms with Gasteiger partial charge in [-0.05, 0) is 24.1 Å². The van der Waals surface area contributed by atoms with Crippen LogP contribution in [0.1, 0.15) is 12.5 Å². The molecule has 3 N–H and O–H groups in total. The minimum Gasteiger partial charge on any atom is -0.369 e. The molecule has 1 unspecified atom stereocenters. The number of amides is 1. The molecule has 0 saturated heterocycles. The standard InChI is InChI=1S/C11H13N3O/c1-7(10(12)15)4-8-5-9-2-3-13-11(9)14-6-8/h2-3,5-7H,4H2,1H3,(H2,12,15)(H,13,14). The Morgan fingerprint density at radius 3 is 3.20 bits per heavy atom. The lowest BCUT2D eigenvalue weighted by Gasteiger charge is -2.06. The van der Waals surface area contributed by atoms with Crippen molar-refractivity contribution in [3.8, 4) is 0 Å². The van der Waals surface area contributed by atoms with Crippen LogP contribution in [0.4, 0.5) is 0 Å². The molecule has 1 amide bonds. The second-order valence-electron chi connectivity index (χ2n) is 3.77. The number of nitrogens with one attached hydrogen (secondary N) is 1. The van der Waals surface area contributed by atoms with Crippen molar-refractivity contribution in [1.82, 2.24) is 9.97 Å². The summed E-state index contributed by atoms with van der Waals surface area (Å²) < 4.78 is 0. The molecule has 0 aliphatic rings. The summed E-state index contributed by atoms with van der Waals surface area (Å²) in [5.41, 5.74) is 7.11. The molecule has 0 spiro atoms. The molecule has 0 aliphatic carbocycles. The van der Waals surface area contributed by atoms with Crippen LogP contribution < -0.4 is 5.73 Å². The molecule has 0 aromatic carbocycles. The van der Waals surface area contributed by atoms with Gasteiger partial charge in [-0.2, -0.15) is 0 Å². The molecule has 1 atom stereocenters. The van der Waals surface area contributed by atoms with Gasteiger partial charge in [0.2, 0.25) is 5.91 Å². The number of hydrogen-bond donors (Lipinski definition) is 2. The summed E-state index contributed by atoms with van der Waals surface area (Å²) in [6.07, 6.45) is 4.26. The van der Waals surface area contributed by atoms with Gasteiger partial charge in [0.05, 0.1) is 0 Å². The first-order valence-corrected chi connectivity index (χ1v) is 4.88. The zero-order valence-corrected chi connectivity index (χ0v) is 8.53. The highest BCUT2D eigenvalue weighted by atomic mass is 16.1. The quantitative estimate of drug-likeness (QED) is 0.787. The van der Waals surface area contributed by atoms with Crippen molar-refractivity contribution in [1.29, 1.82) is 0 Å². The van der Waals surface area contributed by atoms with Crippen molar-refractivity contribution >= 4 is 16.9 Å². The number of aromatic amines is 1. The number of nitrogens with two attached hydrogens (primary N) is 1. The maximum absolute atomic E-state index is 10.9. The third-order valence-electron chi connectivity index (χ3n) is 2.48. The van der Waals surface area contributed by atoms with E-state index in [1.807, 2.05) is 25.3 Å². The maximum atomic E-state index is 10.9. The van der Waals surface area contributed by atoms with Gasteiger partial charge in [0.25, 0.3) is 0 Å². The highest BCUT2D eigenvalue weighted by Gasteiger charge is 2.10. The Kier molecular flexibility index (Phi) is 2.41. The second kappa shape index (κ2) is 3.73. The Morgan fingerprint density at radius 1 is 1.67 bits per heavy atom. The van der Waals surface area contributed by atoms with Crippen molar-refractivity contribution in [3.63, 3.8) is 0 Å². The number of fused-ring (bicyclic) bond motifs is 1. The number of pyridine rings is 1. The summed E-state index contributed by atoms with van der Waals surface area (Å²) in [5, 5.41) is 1.06. The van der Waals surface area contributed by atoms with Crippen molar-refractivity contribution in [2.75, 3.05) is 0 Å². The molecule has 4 heteroatoms. The minimum absolute atomic E-state index is 0.150. The first-order chi connectivity index (χ1) is 7.16. The zero-order chi connectivity index (χ0) is 10.8. The Morgan fingerprint density at radius 2 is 2.47 bits per heavy atom. The summed E-state index contributed by atoms with van der Waals surface area (Å²) in [7, 11) is 0. The Balaban J connectivity index is 2.24. The van der Waals surface area contributed by atoms with Gasteiger partial charge in [-0.15, -0.1) is 0 Å². The molecule has 2 aromatic rings. The molecule has 2 heterocycles. The van der Waals surface area contributed by atoms with E-state index in [1.54, 1.807) is 6.20 Å². The smallest absolute Gasteiger partial charge is 0.220 e. The van der Waals surface area contributed by atoms with Gasteiger partial charge in [0.1, 0.15) is 5.65 Å². The van der Waals surface area contributed by atoms with Crippen molar-refractivity contribution in [3.05, 3.63) is 30.1 Å². The number of hydrogen-bond acceptors (Lipinski definition) is 2. The molecular weight excluding hydrogens is 190 g/mol. The summed E-state index contributed by atoms with van der Waals surface area (Å²) in [4.78, 5) is 18.2. The Hall–Kier alpha value is -1.84. The van der Waals surface area contributed by atoms with Crippen LogP contribution in [0.2, 0.25) is 0 Å². The third-order valence-corrected chi connectivity index (χ3v) is 2.48. The summed E-state index contributed by atoms with van der Waals surface area (Å²) >= 11 is 0. The molecule has 0 fully saturated rings. The van der Waals surface area contributed by atoms with E-state index in [9.17, 15) is 4.79 Å². The maximum Gasteiger partial charge on any atom is 0.220 e. The molecule has 78 valence electrons. The predicted octanol–water partition coefficient (Wildman–Crippen LogP) is 1.23. The molecule has 0 bridgehead atoms. The first kappa shape index (κ1) is 9.71. The predicted molar refractivity (Wildman–Crippen MR) is 58.2 cm³/mol. The average Bonchev–Trinajstić information content (AvgIpc) is 2.64. The lowest BCUT2D eigenvalue weighted by Crippen LogP contribution is -2.22. The van der Waals surface area contributed by atoms with Gasteiger partial charge >= 0.3 is 0 Å². The van der Waals surface area contributed by atoms with Gasteiger partial charge in [-0.25, -0.2) is 4.98 Å². The number of H-pyrrole nitrogens is 1. The van der Waals surface area contributed by atoms with Crippen LogP contribution in [-0.2, 0) is 11.2 Å². The number of aromatic nitrogens is 2. The molecule has 2 rings (SSSR count). The highest BCUT2D eigenvalue weighted by molar-refractivity contribution is 5.78. The fourth-order valence-corrected chi connectivity index (χ4v) is 1.55. The average molecular weight is 203 g/mol. The van der Waals surface area contributed by atoms with E-state index in [2.05, 4.69) is 9.97 Å². The van der Waals surface area contributed by atoms with Crippen LogP contribution in [0.3, 0.4) is 0 Å². The number of rotatable bonds is 3. The molecule has 0 saturated carbocycles. The number of carbonyl (C=O) groups is 1. The highest BCUT2D eigenvalue weighted by Crippen LogP contribution is 2.14. The fourth-order valence-electron chi connectivity index (χ4n) is 1.55. The molecule has 4 nitrogen and oxygen atoms in total. The van der Waals surface area contributed by atoms with Gasteiger partial charge < -0.3 is 10.7 Å². The van der Waals surface area contributed by atoms with E-state index in [0.29, 0.717) is 6.42 Å². The SMILES string of the molecule is CC(Cc1cnc2[nH]ccc2c1)C(N)=O. The molecule has 15 heavy (non-hydrogen) atoms. The minimum atomic E-state index is -0.274. The molecule has 0 aliphatic heterocycles. The first-order valence-electron chi connectivity index (χ1n) is 4.88. The number of carbonyl (C=O) groups excluding carboxylic acids is 1. The second-order valence-corrected chi connectivity index (χ2v) is 3.77. The van der Waals surface area contributed by atoms with Gasteiger partial charge in [-0.1, -0.05) is 6.92 Å². The van der Waals surface area contributed by atoms with E-state index in [-0.39, 0.29) is 11.8 Å². The van der Waals surface area contributed by atoms with Crippen LogP contribution in [0.25, 0.3) is 11.0 Å². The fraction of sp³-hybridized carbons (Fsp3) is 0.273. The monoisotopic (exact) mass is 203 g/mol. The van der Waals surface area contributed by atoms with Crippen LogP contribution in [-0.4, -0.2) is 15.9 Å². The summed E-state index contributed by atoms with van der Waals surface area (Å²) in [6.45, 7) is 1.82. The van der Waals surface area contributed by atoms with E-state index in [0.717, 1.165) is 16.6 Å². The molecular formula is C11H13N3O. The number of nitrogens with zero attached hydrogens (tertiary/aromatic N) is 1. The number of primary amides is 1. The normalized spacial score (nSPS) is 12.9. The Bertz CT molecular complexity index is 489. The largest absolute Gasteiger partial charge is 0.369 e. The van der Waals surface area contributed by atoms with Crippen LogP contribution in [0.5, 0.6) is 0 Å². The Labute approximate surface area is 87.5 Å². The van der Waals surface area contributed by atoms with E-state index < -0.39 is 0 Å². The molecule has 2 aromatic heterocycles. The van der Waals surface area contributed by atoms with Gasteiger partial charge in [0.15, 0.2) is 0 Å². The third kappa shape index (κ3) is 1.98.